The topological polar surface area (TPSA) is 39.7 Å². The molecule has 1 rings (SSSR count). The molecule has 1 aromatic rings. The third kappa shape index (κ3) is 6.40. The van der Waals surface area contributed by atoms with Crippen LogP contribution in [-0.2, 0) is 9.57 Å². The second-order valence-electron chi connectivity index (χ2n) is 3.25. The number of ether oxygens (including phenoxy) is 2. The minimum atomic E-state index is 0.566. The Labute approximate surface area is 96.5 Å². The second kappa shape index (κ2) is 9.15. The third-order valence-corrected chi connectivity index (χ3v) is 1.93. The number of benzene rings is 1. The Morgan fingerprint density at radius 3 is 2.62 bits per heavy atom. The van der Waals surface area contributed by atoms with Crippen molar-refractivity contribution in [3.63, 3.8) is 0 Å². The molecule has 0 unspecified atom stereocenters. The van der Waals surface area contributed by atoms with Gasteiger partial charge in [-0.15, -0.1) is 0 Å². The fraction of sp³-hybridized carbons (Fsp3) is 0.500. The van der Waals surface area contributed by atoms with Gasteiger partial charge in [-0.2, -0.15) is 0 Å². The summed E-state index contributed by atoms with van der Waals surface area (Å²) in [6, 6.07) is 9.78. The Morgan fingerprint density at radius 1 is 1.06 bits per heavy atom. The van der Waals surface area contributed by atoms with Gasteiger partial charge in [0, 0.05) is 13.7 Å². The van der Waals surface area contributed by atoms with Crippen LogP contribution in [0.1, 0.15) is 6.42 Å². The van der Waals surface area contributed by atoms with Gasteiger partial charge in [0.2, 0.25) is 0 Å². The number of para-hydroxylation sites is 1. The van der Waals surface area contributed by atoms with Gasteiger partial charge in [-0.25, -0.2) is 5.48 Å². The van der Waals surface area contributed by atoms with Gasteiger partial charge in [0.1, 0.15) is 5.75 Å². The SMILES string of the molecule is COCCONCCCOc1ccccc1. The zero-order valence-corrected chi connectivity index (χ0v) is 9.65. The van der Waals surface area contributed by atoms with Crippen molar-refractivity contribution in [3.05, 3.63) is 30.3 Å². The molecule has 0 saturated heterocycles. The highest BCUT2D eigenvalue weighted by Gasteiger charge is 1.92. The van der Waals surface area contributed by atoms with Crippen molar-refractivity contribution < 1.29 is 14.3 Å². The van der Waals surface area contributed by atoms with Crippen molar-refractivity contribution in [2.75, 3.05) is 33.5 Å². The molecule has 0 aliphatic rings. The van der Waals surface area contributed by atoms with Gasteiger partial charge in [0.25, 0.3) is 0 Å². The van der Waals surface area contributed by atoms with Gasteiger partial charge in [0.05, 0.1) is 19.8 Å². The largest absolute Gasteiger partial charge is 0.494 e. The molecule has 0 amide bonds. The first-order chi connectivity index (χ1) is 7.93. The van der Waals surface area contributed by atoms with E-state index >= 15 is 0 Å². The van der Waals surface area contributed by atoms with E-state index in [0.717, 1.165) is 18.7 Å². The summed E-state index contributed by atoms with van der Waals surface area (Å²) in [6.07, 6.45) is 0.905. The number of hydrogen-bond donors (Lipinski definition) is 1. The number of hydrogen-bond acceptors (Lipinski definition) is 4. The molecule has 0 aromatic heterocycles. The maximum absolute atomic E-state index is 5.51. The minimum Gasteiger partial charge on any atom is -0.494 e. The van der Waals surface area contributed by atoms with E-state index < -0.39 is 0 Å². The third-order valence-electron chi connectivity index (χ3n) is 1.93. The molecule has 16 heavy (non-hydrogen) atoms. The van der Waals surface area contributed by atoms with Crippen LogP contribution in [0.5, 0.6) is 5.75 Å². The Morgan fingerprint density at radius 2 is 1.88 bits per heavy atom. The van der Waals surface area contributed by atoms with Crippen LogP contribution >= 0.6 is 0 Å². The van der Waals surface area contributed by atoms with Crippen molar-refractivity contribution in [1.29, 1.82) is 0 Å². The maximum Gasteiger partial charge on any atom is 0.119 e. The molecule has 0 bridgehead atoms. The quantitative estimate of drug-likeness (QED) is 0.512. The fourth-order valence-corrected chi connectivity index (χ4v) is 1.12. The van der Waals surface area contributed by atoms with Crippen LogP contribution in [0, 0.1) is 0 Å². The maximum atomic E-state index is 5.51. The lowest BCUT2D eigenvalue weighted by Crippen LogP contribution is -2.20. The number of rotatable bonds is 9. The monoisotopic (exact) mass is 225 g/mol. The van der Waals surface area contributed by atoms with Crippen molar-refractivity contribution in [3.8, 4) is 5.75 Å². The molecule has 0 fully saturated rings. The Kier molecular flexibility index (Phi) is 7.42. The average Bonchev–Trinajstić information content (AvgIpc) is 2.34. The first-order valence-corrected chi connectivity index (χ1v) is 5.45. The zero-order chi connectivity index (χ0) is 11.5. The van der Waals surface area contributed by atoms with Crippen molar-refractivity contribution in [2.24, 2.45) is 0 Å². The molecule has 0 saturated carbocycles. The van der Waals surface area contributed by atoms with E-state index in [4.69, 9.17) is 14.3 Å². The summed E-state index contributed by atoms with van der Waals surface area (Å²) in [5, 5.41) is 0. The van der Waals surface area contributed by atoms with Crippen molar-refractivity contribution >= 4 is 0 Å². The van der Waals surface area contributed by atoms with Crippen LogP contribution in [0.25, 0.3) is 0 Å². The lowest BCUT2D eigenvalue weighted by molar-refractivity contribution is 0.00543. The molecular weight excluding hydrogens is 206 g/mol. The lowest BCUT2D eigenvalue weighted by atomic mass is 10.3. The summed E-state index contributed by atoms with van der Waals surface area (Å²) in [5.41, 5.74) is 2.85. The Bertz CT molecular complexity index is 254. The summed E-state index contributed by atoms with van der Waals surface area (Å²) in [5.74, 6) is 0.905. The fourth-order valence-electron chi connectivity index (χ4n) is 1.12. The predicted molar refractivity (Wildman–Crippen MR) is 62.4 cm³/mol. The molecule has 1 N–H and O–H groups in total. The van der Waals surface area contributed by atoms with Crippen LogP contribution in [-0.4, -0.2) is 33.5 Å². The summed E-state index contributed by atoms with van der Waals surface area (Å²) in [6.45, 7) is 2.63. The van der Waals surface area contributed by atoms with E-state index in [1.165, 1.54) is 0 Å². The molecule has 0 spiro atoms. The molecule has 0 aliphatic carbocycles. The van der Waals surface area contributed by atoms with E-state index in [1.807, 2.05) is 30.3 Å². The normalized spacial score (nSPS) is 10.3. The van der Waals surface area contributed by atoms with Gasteiger partial charge in [-0.3, -0.25) is 4.84 Å². The van der Waals surface area contributed by atoms with E-state index in [0.29, 0.717) is 19.8 Å². The van der Waals surface area contributed by atoms with Crippen LogP contribution in [0.15, 0.2) is 30.3 Å². The molecule has 1 aromatic carbocycles. The van der Waals surface area contributed by atoms with E-state index in [9.17, 15) is 0 Å². The van der Waals surface area contributed by atoms with E-state index in [-0.39, 0.29) is 0 Å². The number of methoxy groups -OCH3 is 1. The van der Waals surface area contributed by atoms with Gasteiger partial charge in [0.15, 0.2) is 0 Å². The van der Waals surface area contributed by atoms with Crippen molar-refractivity contribution in [2.45, 2.75) is 6.42 Å². The van der Waals surface area contributed by atoms with Gasteiger partial charge in [-0.1, -0.05) is 18.2 Å². The zero-order valence-electron chi connectivity index (χ0n) is 9.65. The average molecular weight is 225 g/mol. The van der Waals surface area contributed by atoms with Crippen LogP contribution in [0.3, 0.4) is 0 Å². The smallest absolute Gasteiger partial charge is 0.119 e. The molecule has 0 heterocycles. The van der Waals surface area contributed by atoms with E-state index in [2.05, 4.69) is 5.48 Å². The molecular formula is C12H19NO3. The van der Waals surface area contributed by atoms with Crippen LogP contribution in [0.4, 0.5) is 0 Å². The lowest BCUT2D eigenvalue weighted by Gasteiger charge is -2.07. The summed E-state index contributed by atoms with van der Waals surface area (Å²) >= 11 is 0. The molecule has 0 radical (unpaired) electrons. The van der Waals surface area contributed by atoms with Gasteiger partial charge in [-0.05, 0) is 18.6 Å². The highest BCUT2D eigenvalue weighted by atomic mass is 16.7. The summed E-state index contributed by atoms with van der Waals surface area (Å²) < 4.78 is 10.4. The molecule has 0 aliphatic heterocycles. The number of hydroxylamine groups is 1. The van der Waals surface area contributed by atoms with Crippen LogP contribution < -0.4 is 10.2 Å². The van der Waals surface area contributed by atoms with Gasteiger partial charge >= 0.3 is 0 Å². The molecule has 4 nitrogen and oxygen atoms in total. The standard InChI is InChI=1S/C12H19NO3/c1-14-10-11-16-13-8-5-9-15-12-6-3-2-4-7-12/h2-4,6-7,13H,5,8-11H2,1H3. The highest BCUT2D eigenvalue weighted by Crippen LogP contribution is 2.07. The summed E-state index contributed by atoms with van der Waals surface area (Å²) in [7, 11) is 1.65. The minimum absolute atomic E-state index is 0.566. The predicted octanol–water partition coefficient (Wildman–Crippen LogP) is 1.62. The highest BCUT2D eigenvalue weighted by molar-refractivity contribution is 5.20. The molecule has 90 valence electrons. The molecule has 4 heteroatoms. The number of nitrogens with one attached hydrogen (secondary N) is 1. The van der Waals surface area contributed by atoms with Crippen LogP contribution in [0.2, 0.25) is 0 Å². The van der Waals surface area contributed by atoms with Crippen molar-refractivity contribution in [1.82, 2.24) is 5.48 Å². The first kappa shape index (κ1) is 13.0. The molecule has 0 atom stereocenters. The first-order valence-electron chi connectivity index (χ1n) is 5.45. The second-order valence-corrected chi connectivity index (χ2v) is 3.25. The summed E-state index contributed by atoms with van der Waals surface area (Å²) in [4.78, 5) is 5.10. The van der Waals surface area contributed by atoms with Gasteiger partial charge < -0.3 is 9.47 Å². The van der Waals surface area contributed by atoms with E-state index in [1.54, 1.807) is 7.11 Å². The Balaban J connectivity index is 1.89. The Hall–Kier alpha value is -1.10.